The molecule has 1 atom stereocenters. The second-order valence-corrected chi connectivity index (χ2v) is 5.94. The van der Waals surface area contributed by atoms with Gasteiger partial charge in [-0.3, -0.25) is 4.79 Å². The van der Waals surface area contributed by atoms with Crippen molar-refractivity contribution in [2.75, 3.05) is 6.61 Å². The molecule has 1 aromatic carbocycles. The first kappa shape index (κ1) is 13.3. The molecule has 3 rings (SSSR count). The SMILES string of the molecule is O=C(OCCc1cccs1)C1Cc2ccccc2CN1. The van der Waals surface area contributed by atoms with Crippen LogP contribution in [0.1, 0.15) is 16.0 Å². The fraction of sp³-hybridized carbons (Fsp3) is 0.312. The van der Waals surface area contributed by atoms with E-state index in [1.807, 2.05) is 23.6 Å². The smallest absolute Gasteiger partial charge is 0.323 e. The molecule has 2 heterocycles. The van der Waals surface area contributed by atoms with Gasteiger partial charge >= 0.3 is 5.97 Å². The van der Waals surface area contributed by atoms with E-state index in [1.54, 1.807) is 11.3 Å². The van der Waals surface area contributed by atoms with Crippen molar-refractivity contribution in [3.05, 3.63) is 57.8 Å². The van der Waals surface area contributed by atoms with Crippen LogP contribution in [0, 0.1) is 0 Å². The van der Waals surface area contributed by atoms with Gasteiger partial charge < -0.3 is 10.1 Å². The van der Waals surface area contributed by atoms with Crippen molar-refractivity contribution in [2.45, 2.75) is 25.4 Å². The molecule has 0 fully saturated rings. The van der Waals surface area contributed by atoms with E-state index in [0.29, 0.717) is 13.0 Å². The van der Waals surface area contributed by atoms with Crippen LogP contribution in [0.2, 0.25) is 0 Å². The number of hydrogen-bond donors (Lipinski definition) is 1. The lowest BCUT2D eigenvalue weighted by atomic mass is 9.96. The second kappa shape index (κ2) is 6.20. The maximum absolute atomic E-state index is 12.1. The summed E-state index contributed by atoms with van der Waals surface area (Å²) in [6.07, 6.45) is 1.51. The normalized spacial score (nSPS) is 17.5. The Morgan fingerprint density at radius 3 is 2.90 bits per heavy atom. The molecule has 1 unspecified atom stereocenters. The van der Waals surface area contributed by atoms with Crippen molar-refractivity contribution in [1.82, 2.24) is 5.32 Å². The number of fused-ring (bicyclic) bond motifs is 1. The third-order valence-electron chi connectivity index (χ3n) is 3.54. The van der Waals surface area contributed by atoms with Crippen LogP contribution in [0.15, 0.2) is 41.8 Å². The molecular weight excluding hydrogens is 270 g/mol. The van der Waals surface area contributed by atoms with E-state index in [-0.39, 0.29) is 12.0 Å². The van der Waals surface area contributed by atoms with Crippen LogP contribution in [0.3, 0.4) is 0 Å². The zero-order valence-corrected chi connectivity index (χ0v) is 12.0. The minimum absolute atomic E-state index is 0.143. The first-order chi connectivity index (χ1) is 9.83. The molecule has 0 amide bonds. The molecule has 0 saturated carbocycles. The summed E-state index contributed by atoms with van der Waals surface area (Å²) in [4.78, 5) is 13.3. The lowest BCUT2D eigenvalue weighted by Gasteiger charge is -2.24. The highest BCUT2D eigenvalue weighted by Crippen LogP contribution is 2.17. The molecule has 4 heteroatoms. The predicted octanol–water partition coefficient (Wildman–Crippen LogP) is 2.55. The molecular formula is C16H17NO2S. The van der Waals surface area contributed by atoms with Crippen LogP contribution in [0.4, 0.5) is 0 Å². The average molecular weight is 287 g/mol. The van der Waals surface area contributed by atoms with Crippen LogP contribution in [-0.2, 0) is 28.9 Å². The number of esters is 1. The third kappa shape index (κ3) is 3.08. The molecule has 0 aliphatic carbocycles. The van der Waals surface area contributed by atoms with Gasteiger partial charge in [-0.25, -0.2) is 0 Å². The Bertz CT molecular complexity index is 580. The van der Waals surface area contributed by atoms with Gasteiger partial charge in [-0.05, 0) is 29.0 Å². The van der Waals surface area contributed by atoms with Crippen LogP contribution in [0.5, 0.6) is 0 Å². The summed E-state index contributed by atoms with van der Waals surface area (Å²) in [5, 5.41) is 5.29. The summed E-state index contributed by atoms with van der Waals surface area (Å²) in [5.41, 5.74) is 2.52. The maximum Gasteiger partial charge on any atom is 0.323 e. The van der Waals surface area contributed by atoms with E-state index in [9.17, 15) is 4.79 Å². The quantitative estimate of drug-likeness (QED) is 0.878. The highest BCUT2D eigenvalue weighted by Gasteiger charge is 2.24. The molecule has 1 N–H and O–H groups in total. The van der Waals surface area contributed by atoms with Gasteiger partial charge in [0, 0.05) is 17.8 Å². The molecule has 1 aromatic heterocycles. The largest absolute Gasteiger partial charge is 0.464 e. The van der Waals surface area contributed by atoms with Gasteiger partial charge in [0.2, 0.25) is 0 Å². The monoisotopic (exact) mass is 287 g/mol. The Hall–Kier alpha value is -1.65. The molecule has 104 valence electrons. The van der Waals surface area contributed by atoms with Crippen LogP contribution in [0.25, 0.3) is 0 Å². The molecule has 0 bridgehead atoms. The van der Waals surface area contributed by atoms with E-state index in [4.69, 9.17) is 4.74 Å². The summed E-state index contributed by atoms with van der Waals surface area (Å²) >= 11 is 1.69. The first-order valence-electron chi connectivity index (χ1n) is 6.82. The maximum atomic E-state index is 12.1. The lowest BCUT2D eigenvalue weighted by molar-refractivity contribution is -0.146. The van der Waals surface area contributed by atoms with E-state index < -0.39 is 0 Å². The number of hydrogen-bond acceptors (Lipinski definition) is 4. The Morgan fingerprint density at radius 1 is 1.25 bits per heavy atom. The molecule has 1 aliphatic heterocycles. The second-order valence-electron chi connectivity index (χ2n) is 4.90. The summed E-state index contributed by atoms with van der Waals surface area (Å²) in [5.74, 6) is -0.143. The Labute approximate surface area is 122 Å². The van der Waals surface area contributed by atoms with Crippen molar-refractivity contribution < 1.29 is 9.53 Å². The number of ether oxygens (including phenoxy) is 1. The van der Waals surface area contributed by atoms with Crippen molar-refractivity contribution in [3.8, 4) is 0 Å². The van der Waals surface area contributed by atoms with Gasteiger partial charge in [0.15, 0.2) is 0 Å². The summed E-state index contributed by atoms with van der Waals surface area (Å²) in [7, 11) is 0. The lowest BCUT2D eigenvalue weighted by Crippen LogP contribution is -2.42. The highest BCUT2D eigenvalue weighted by molar-refractivity contribution is 7.09. The van der Waals surface area contributed by atoms with E-state index >= 15 is 0 Å². The fourth-order valence-corrected chi connectivity index (χ4v) is 3.12. The van der Waals surface area contributed by atoms with Crippen LogP contribution in [-0.4, -0.2) is 18.6 Å². The Kier molecular flexibility index (Phi) is 4.14. The van der Waals surface area contributed by atoms with Crippen LogP contribution >= 0.6 is 11.3 Å². The molecule has 20 heavy (non-hydrogen) atoms. The van der Waals surface area contributed by atoms with Crippen LogP contribution < -0.4 is 5.32 Å². The minimum atomic E-state index is -0.215. The van der Waals surface area contributed by atoms with Gasteiger partial charge in [0.05, 0.1) is 6.61 Å². The zero-order valence-electron chi connectivity index (χ0n) is 11.2. The summed E-state index contributed by atoms with van der Waals surface area (Å²) in [6.45, 7) is 1.19. The minimum Gasteiger partial charge on any atom is -0.464 e. The standard InChI is InChI=1S/C16H17NO2S/c18-16(19-8-7-14-6-3-9-20-14)15-10-12-4-1-2-5-13(12)11-17-15/h1-6,9,15,17H,7-8,10-11H2. The summed E-state index contributed by atoms with van der Waals surface area (Å²) < 4.78 is 5.38. The molecule has 3 nitrogen and oxygen atoms in total. The number of benzene rings is 1. The Morgan fingerprint density at radius 2 is 2.10 bits per heavy atom. The topological polar surface area (TPSA) is 38.3 Å². The molecule has 1 aliphatic rings. The molecule has 0 spiro atoms. The van der Waals surface area contributed by atoms with E-state index in [2.05, 4.69) is 23.5 Å². The number of carbonyl (C=O) groups is 1. The van der Waals surface area contributed by atoms with Gasteiger partial charge in [-0.1, -0.05) is 30.3 Å². The molecule has 0 radical (unpaired) electrons. The highest BCUT2D eigenvalue weighted by atomic mass is 32.1. The van der Waals surface area contributed by atoms with Gasteiger partial charge in [0.1, 0.15) is 6.04 Å². The van der Waals surface area contributed by atoms with Gasteiger partial charge in [0.25, 0.3) is 0 Å². The van der Waals surface area contributed by atoms with Crippen molar-refractivity contribution in [3.63, 3.8) is 0 Å². The van der Waals surface area contributed by atoms with E-state index in [1.165, 1.54) is 16.0 Å². The van der Waals surface area contributed by atoms with E-state index in [0.717, 1.165) is 13.0 Å². The average Bonchev–Trinajstić information content (AvgIpc) is 3.00. The predicted molar refractivity (Wildman–Crippen MR) is 79.8 cm³/mol. The first-order valence-corrected chi connectivity index (χ1v) is 7.70. The van der Waals surface area contributed by atoms with Crippen molar-refractivity contribution in [2.24, 2.45) is 0 Å². The van der Waals surface area contributed by atoms with Gasteiger partial charge in [-0.2, -0.15) is 0 Å². The molecule has 2 aromatic rings. The van der Waals surface area contributed by atoms with Gasteiger partial charge in [-0.15, -0.1) is 11.3 Å². The van der Waals surface area contributed by atoms with Crippen molar-refractivity contribution >= 4 is 17.3 Å². The molecule has 0 saturated heterocycles. The fourth-order valence-electron chi connectivity index (χ4n) is 2.43. The number of nitrogens with one attached hydrogen (secondary N) is 1. The number of rotatable bonds is 4. The third-order valence-corrected chi connectivity index (χ3v) is 4.47. The number of carbonyl (C=O) groups excluding carboxylic acids is 1. The summed E-state index contributed by atoms with van der Waals surface area (Å²) in [6, 6.07) is 12.1. The number of thiophene rings is 1. The zero-order chi connectivity index (χ0) is 13.8. The van der Waals surface area contributed by atoms with Crippen molar-refractivity contribution in [1.29, 1.82) is 0 Å². The Balaban J connectivity index is 1.51.